The summed E-state index contributed by atoms with van der Waals surface area (Å²) in [7, 11) is 5.88. The Hall–Kier alpha value is -3.48. The quantitative estimate of drug-likeness (QED) is 0.287. The first-order valence-electron chi connectivity index (χ1n) is 11.9. The molecule has 180 valence electrons. The van der Waals surface area contributed by atoms with E-state index in [1.165, 1.54) is 0 Å². The lowest BCUT2D eigenvalue weighted by atomic mass is 9.94. The molecule has 2 aliphatic rings. The van der Waals surface area contributed by atoms with Gasteiger partial charge >= 0.3 is 0 Å². The molecule has 7 nitrogen and oxygen atoms in total. The van der Waals surface area contributed by atoms with Gasteiger partial charge in [-0.2, -0.15) is 0 Å². The highest BCUT2D eigenvalue weighted by Gasteiger charge is 2.45. The summed E-state index contributed by atoms with van der Waals surface area (Å²) >= 11 is 0. The van der Waals surface area contributed by atoms with E-state index < -0.39 is 17.7 Å². The number of rotatable bonds is 7. The van der Waals surface area contributed by atoms with E-state index in [0.717, 1.165) is 48.5 Å². The Morgan fingerprint density at radius 2 is 1.85 bits per heavy atom. The molecule has 4 rings (SSSR count). The topological polar surface area (TPSA) is 73.3 Å². The van der Waals surface area contributed by atoms with E-state index in [1.807, 2.05) is 56.4 Å². The van der Waals surface area contributed by atoms with E-state index in [4.69, 9.17) is 4.74 Å². The summed E-state index contributed by atoms with van der Waals surface area (Å²) in [5.74, 6) is -0.614. The average molecular weight is 464 g/mol. The van der Waals surface area contributed by atoms with Gasteiger partial charge < -0.3 is 24.5 Å². The summed E-state index contributed by atoms with van der Waals surface area (Å²) in [6.45, 7) is 3.90. The molecule has 34 heavy (non-hydrogen) atoms. The summed E-state index contributed by atoms with van der Waals surface area (Å²) in [5.41, 5.74) is 3.31. The Morgan fingerprint density at radius 1 is 1.12 bits per heavy atom. The summed E-state index contributed by atoms with van der Waals surface area (Å²) in [6.07, 6.45) is 2.78. The normalized spacial score (nSPS) is 19.2. The minimum atomic E-state index is -0.641. The van der Waals surface area contributed by atoms with Crippen molar-refractivity contribution in [1.29, 1.82) is 0 Å². The van der Waals surface area contributed by atoms with Gasteiger partial charge in [0.25, 0.3) is 11.7 Å². The number of Topliss-reactive ketones (excluding diaryl/α,β-unsaturated/α-hetero) is 1. The molecule has 1 N–H and O–H groups in total. The third-order valence-electron chi connectivity index (χ3n) is 6.60. The monoisotopic (exact) mass is 463 g/mol. The van der Waals surface area contributed by atoms with Gasteiger partial charge in [-0.15, -0.1) is 0 Å². The van der Waals surface area contributed by atoms with Gasteiger partial charge in [-0.1, -0.05) is 31.9 Å². The molecule has 0 spiro atoms. The van der Waals surface area contributed by atoms with Crippen molar-refractivity contribution in [3.8, 4) is 5.75 Å². The van der Waals surface area contributed by atoms with Crippen LogP contribution in [0.2, 0.25) is 0 Å². The van der Waals surface area contributed by atoms with E-state index in [0.29, 0.717) is 18.7 Å². The van der Waals surface area contributed by atoms with E-state index >= 15 is 0 Å². The van der Waals surface area contributed by atoms with Crippen molar-refractivity contribution in [3.63, 3.8) is 0 Å². The first kappa shape index (κ1) is 23.7. The molecule has 0 aliphatic carbocycles. The zero-order valence-electron chi connectivity index (χ0n) is 20.4. The predicted octanol–water partition coefficient (Wildman–Crippen LogP) is 4.19. The van der Waals surface area contributed by atoms with Crippen molar-refractivity contribution in [3.05, 3.63) is 59.2 Å². The number of fused-ring (bicyclic) bond motifs is 1. The van der Waals surface area contributed by atoms with Crippen LogP contribution in [0.1, 0.15) is 43.4 Å². The third-order valence-corrected chi connectivity index (χ3v) is 6.60. The highest BCUT2D eigenvalue weighted by Crippen LogP contribution is 2.41. The van der Waals surface area contributed by atoms with Gasteiger partial charge in [0.1, 0.15) is 18.1 Å². The Morgan fingerprint density at radius 3 is 2.53 bits per heavy atom. The highest BCUT2D eigenvalue weighted by molar-refractivity contribution is 6.46. The van der Waals surface area contributed by atoms with Crippen LogP contribution in [0.25, 0.3) is 5.76 Å². The Kier molecular flexibility index (Phi) is 6.82. The number of ketones is 1. The molecule has 7 heteroatoms. The maximum atomic E-state index is 13.2. The van der Waals surface area contributed by atoms with Gasteiger partial charge in [0.2, 0.25) is 0 Å². The first-order chi connectivity index (χ1) is 16.3. The SMILES string of the molecule is CCCCCN1C(=O)C(=O)/C(=C(\O)c2ccc3c(c2)N(C)CCO3)C1c1ccc(N(C)C)cc1. The minimum Gasteiger partial charge on any atom is -0.507 e. The second-order valence-electron chi connectivity index (χ2n) is 9.14. The van der Waals surface area contributed by atoms with Gasteiger partial charge in [0, 0.05) is 38.9 Å². The van der Waals surface area contributed by atoms with E-state index in [1.54, 1.807) is 17.0 Å². The van der Waals surface area contributed by atoms with Crippen LogP contribution in [-0.4, -0.2) is 62.5 Å². The Labute approximate surface area is 201 Å². The van der Waals surface area contributed by atoms with Crippen molar-refractivity contribution >= 4 is 28.8 Å². The standard InChI is InChI=1S/C27H33N3O4/c1-5-6-7-14-30-24(18-8-11-20(12-9-18)28(2)3)23(26(32)27(30)33)25(31)19-10-13-22-21(17-19)29(4)15-16-34-22/h8-13,17,24,31H,5-7,14-16H2,1-4H3/b25-23-. The van der Waals surface area contributed by atoms with Crippen molar-refractivity contribution in [2.45, 2.75) is 32.2 Å². The maximum absolute atomic E-state index is 13.2. The highest BCUT2D eigenvalue weighted by atomic mass is 16.5. The Balaban J connectivity index is 1.80. The number of hydrogen-bond donors (Lipinski definition) is 1. The lowest BCUT2D eigenvalue weighted by Gasteiger charge is -2.28. The molecule has 1 amide bonds. The van der Waals surface area contributed by atoms with Gasteiger partial charge in [-0.05, 0) is 42.3 Å². The summed E-state index contributed by atoms with van der Waals surface area (Å²) in [6, 6.07) is 12.5. The molecule has 1 unspecified atom stereocenters. The first-order valence-corrected chi connectivity index (χ1v) is 11.9. The number of amides is 1. The fourth-order valence-corrected chi connectivity index (χ4v) is 4.60. The molecule has 1 fully saturated rings. The zero-order chi connectivity index (χ0) is 24.4. The number of carbonyl (C=O) groups excluding carboxylic acids is 2. The third kappa shape index (κ3) is 4.34. The summed E-state index contributed by atoms with van der Waals surface area (Å²) in [4.78, 5) is 32.0. The van der Waals surface area contributed by atoms with Crippen LogP contribution in [0.4, 0.5) is 11.4 Å². The van der Waals surface area contributed by atoms with Crippen molar-refractivity contribution < 1.29 is 19.4 Å². The number of anilines is 2. The van der Waals surface area contributed by atoms with E-state index in [9.17, 15) is 14.7 Å². The molecule has 1 atom stereocenters. The van der Waals surface area contributed by atoms with Crippen LogP contribution in [0, 0.1) is 0 Å². The number of likely N-dealkylation sites (tertiary alicyclic amines) is 1. The molecule has 0 bridgehead atoms. The van der Waals surface area contributed by atoms with Crippen molar-refractivity contribution in [2.24, 2.45) is 0 Å². The number of likely N-dealkylation sites (N-methyl/N-ethyl adjacent to an activating group) is 1. The van der Waals surface area contributed by atoms with Gasteiger partial charge in [-0.3, -0.25) is 9.59 Å². The molecule has 2 aromatic carbocycles. The van der Waals surface area contributed by atoms with Crippen LogP contribution in [0.5, 0.6) is 5.75 Å². The van der Waals surface area contributed by atoms with Crippen LogP contribution < -0.4 is 14.5 Å². The molecular weight excluding hydrogens is 430 g/mol. The van der Waals surface area contributed by atoms with Crippen LogP contribution in [0.3, 0.4) is 0 Å². The van der Waals surface area contributed by atoms with Crippen molar-refractivity contribution in [2.75, 3.05) is 50.6 Å². The predicted molar refractivity (Wildman–Crippen MR) is 135 cm³/mol. The van der Waals surface area contributed by atoms with Crippen LogP contribution in [0.15, 0.2) is 48.0 Å². The smallest absolute Gasteiger partial charge is 0.295 e. The fourth-order valence-electron chi connectivity index (χ4n) is 4.60. The van der Waals surface area contributed by atoms with Crippen molar-refractivity contribution in [1.82, 2.24) is 4.90 Å². The molecule has 0 saturated carbocycles. The number of carbonyl (C=O) groups is 2. The number of aliphatic hydroxyl groups is 1. The number of aliphatic hydroxyl groups excluding tert-OH is 1. The maximum Gasteiger partial charge on any atom is 0.295 e. The van der Waals surface area contributed by atoms with Crippen LogP contribution >= 0.6 is 0 Å². The molecule has 2 aliphatic heterocycles. The molecule has 2 aromatic rings. The van der Waals surface area contributed by atoms with Gasteiger partial charge in [0.15, 0.2) is 0 Å². The largest absolute Gasteiger partial charge is 0.507 e. The number of nitrogens with zero attached hydrogens (tertiary/aromatic N) is 3. The second kappa shape index (κ2) is 9.79. The second-order valence-corrected chi connectivity index (χ2v) is 9.14. The lowest BCUT2D eigenvalue weighted by Crippen LogP contribution is -2.30. The molecular formula is C27H33N3O4. The fraction of sp³-hybridized carbons (Fsp3) is 0.407. The number of benzene rings is 2. The number of hydrogen-bond acceptors (Lipinski definition) is 6. The lowest BCUT2D eigenvalue weighted by molar-refractivity contribution is -0.139. The number of ether oxygens (including phenoxy) is 1. The molecule has 0 aromatic heterocycles. The van der Waals surface area contributed by atoms with Crippen LogP contribution in [-0.2, 0) is 9.59 Å². The molecule has 1 saturated heterocycles. The zero-order valence-corrected chi connectivity index (χ0v) is 20.4. The van der Waals surface area contributed by atoms with Gasteiger partial charge in [0.05, 0.1) is 23.8 Å². The van der Waals surface area contributed by atoms with E-state index in [2.05, 4.69) is 11.8 Å². The summed E-state index contributed by atoms with van der Waals surface area (Å²) in [5, 5.41) is 11.4. The van der Waals surface area contributed by atoms with Gasteiger partial charge in [-0.25, -0.2) is 0 Å². The molecule has 2 heterocycles. The van der Waals surface area contributed by atoms with E-state index in [-0.39, 0.29) is 11.3 Å². The average Bonchev–Trinajstić information content (AvgIpc) is 3.09. The Bertz CT molecular complexity index is 1110. The minimum absolute atomic E-state index is 0.137. The summed E-state index contributed by atoms with van der Waals surface area (Å²) < 4.78 is 5.71. The molecule has 0 radical (unpaired) electrons. The number of unbranched alkanes of at least 4 members (excludes halogenated alkanes) is 2.